The molecule has 0 radical (unpaired) electrons. The lowest BCUT2D eigenvalue weighted by Gasteiger charge is -2.34. The quantitative estimate of drug-likeness (QED) is 0.883. The summed E-state index contributed by atoms with van der Waals surface area (Å²) in [5.41, 5.74) is 1.88. The van der Waals surface area contributed by atoms with Crippen molar-refractivity contribution < 1.29 is 0 Å². The molecule has 0 spiro atoms. The minimum atomic E-state index is 0.649. The van der Waals surface area contributed by atoms with E-state index in [1.54, 1.807) is 0 Å². The lowest BCUT2D eigenvalue weighted by atomic mass is 10.0. The molecule has 1 saturated heterocycles. The standard InChI is InChI=1S/C15H21N3/c1-2-9-17-14-7-10-18(11-8-14)15-6-4-3-5-13(15)12-16/h3-6,14,17H,2,7-11H2,1H3. The van der Waals surface area contributed by atoms with Gasteiger partial charge < -0.3 is 10.2 Å². The Hall–Kier alpha value is -1.53. The first-order valence-corrected chi connectivity index (χ1v) is 6.82. The van der Waals surface area contributed by atoms with E-state index in [-0.39, 0.29) is 0 Å². The second-order valence-electron chi connectivity index (χ2n) is 4.84. The van der Waals surface area contributed by atoms with Gasteiger partial charge in [0.1, 0.15) is 6.07 Å². The highest BCUT2D eigenvalue weighted by Crippen LogP contribution is 2.23. The van der Waals surface area contributed by atoms with Gasteiger partial charge in [0.05, 0.1) is 11.3 Å². The summed E-state index contributed by atoms with van der Waals surface area (Å²) < 4.78 is 0. The largest absolute Gasteiger partial charge is 0.370 e. The number of nitrogens with one attached hydrogen (secondary N) is 1. The van der Waals surface area contributed by atoms with Crippen LogP contribution >= 0.6 is 0 Å². The summed E-state index contributed by atoms with van der Waals surface area (Å²) in [4.78, 5) is 2.34. The maximum Gasteiger partial charge on any atom is 0.101 e. The van der Waals surface area contributed by atoms with Crippen LogP contribution in [0.5, 0.6) is 0 Å². The molecule has 1 aromatic carbocycles. The lowest BCUT2D eigenvalue weighted by Crippen LogP contribution is -2.43. The van der Waals surface area contributed by atoms with Crippen LogP contribution in [0.4, 0.5) is 5.69 Å². The summed E-state index contributed by atoms with van der Waals surface area (Å²) in [6.07, 6.45) is 3.52. The summed E-state index contributed by atoms with van der Waals surface area (Å²) in [6, 6.07) is 10.8. The smallest absolute Gasteiger partial charge is 0.101 e. The molecule has 3 heteroatoms. The molecular formula is C15H21N3. The molecule has 0 amide bonds. The first-order chi connectivity index (χ1) is 8.85. The molecule has 0 bridgehead atoms. The van der Waals surface area contributed by atoms with Crippen LogP contribution in [0, 0.1) is 11.3 Å². The summed E-state index contributed by atoms with van der Waals surface area (Å²) in [5, 5.41) is 12.7. The van der Waals surface area contributed by atoms with E-state index in [0.29, 0.717) is 6.04 Å². The van der Waals surface area contributed by atoms with Crippen molar-refractivity contribution in [3.63, 3.8) is 0 Å². The van der Waals surface area contributed by atoms with Crippen LogP contribution in [0.2, 0.25) is 0 Å². The first kappa shape index (κ1) is 12.9. The highest BCUT2D eigenvalue weighted by molar-refractivity contribution is 5.59. The number of piperidine rings is 1. The molecule has 2 rings (SSSR count). The molecule has 3 nitrogen and oxygen atoms in total. The van der Waals surface area contributed by atoms with Crippen LogP contribution in [0.25, 0.3) is 0 Å². The van der Waals surface area contributed by atoms with Crippen molar-refractivity contribution in [2.45, 2.75) is 32.2 Å². The molecule has 1 N–H and O–H groups in total. The summed E-state index contributed by atoms with van der Waals surface area (Å²) in [5.74, 6) is 0. The van der Waals surface area contributed by atoms with Gasteiger partial charge in [-0.1, -0.05) is 19.1 Å². The van der Waals surface area contributed by atoms with Crippen molar-refractivity contribution >= 4 is 5.69 Å². The van der Waals surface area contributed by atoms with Gasteiger partial charge in [0.25, 0.3) is 0 Å². The molecule has 0 atom stereocenters. The molecule has 1 aliphatic rings. The number of nitrogens with zero attached hydrogens (tertiary/aromatic N) is 2. The second kappa shape index (κ2) is 6.42. The average molecular weight is 243 g/mol. The fourth-order valence-corrected chi connectivity index (χ4v) is 2.52. The average Bonchev–Trinajstić information content (AvgIpc) is 2.45. The van der Waals surface area contributed by atoms with Gasteiger partial charge in [0.15, 0.2) is 0 Å². The zero-order chi connectivity index (χ0) is 12.8. The van der Waals surface area contributed by atoms with Gasteiger partial charge in [-0.25, -0.2) is 0 Å². The predicted molar refractivity (Wildman–Crippen MR) is 74.7 cm³/mol. The molecule has 0 aliphatic carbocycles. The van der Waals surface area contributed by atoms with Gasteiger partial charge in [-0.15, -0.1) is 0 Å². The molecule has 1 aromatic rings. The third-order valence-corrected chi connectivity index (χ3v) is 3.54. The Bertz CT molecular complexity index is 414. The van der Waals surface area contributed by atoms with Crippen LogP contribution in [-0.2, 0) is 0 Å². The molecule has 1 fully saturated rings. The summed E-state index contributed by atoms with van der Waals surface area (Å²) in [6.45, 7) is 5.39. The maximum atomic E-state index is 9.13. The minimum absolute atomic E-state index is 0.649. The van der Waals surface area contributed by atoms with Crippen molar-refractivity contribution in [1.82, 2.24) is 5.32 Å². The van der Waals surface area contributed by atoms with Gasteiger partial charge in [-0.05, 0) is 37.9 Å². The third kappa shape index (κ3) is 3.02. The third-order valence-electron chi connectivity index (χ3n) is 3.54. The van der Waals surface area contributed by atoms with Crippen LogP contribution < -0.4 is 10.2 Å². The second-order valence-corrected chi connectivity index (χ2v) is 4.84. The van der Waals surface area contributed by atoms with E-state index in [2.05, 4.69) is 29.3 Å². The van der Waals surface area contributed by atoms with E-state index in [0.717, 1.165) is 30.9 Å². The van der Waals surface area contributed by atoms with E-state index >= 15 is 0 Å². The Balaban J connectivity index is 1.95. The fraction of sp³-hybridized carbons (Fsp3) is 0.533. The number of nitriles is 1. The lowest BCUT2D eigenvalue weighted by molar-refractivity contribution is 0.416. The minimum Gasteiger partial charge on any atom is -0.370 e. The highest BCUT2D eigenvalue weighted by Gasteiger charge is 2.20. The van der Waals surface area contributed by atoms with Crippen molar-refractivity contribution in [2.24, 2.45) is 0 Å². The predicted octanol–water partition coefficient (Wildman–Crippen LogP) is 2.53. The van der Waals surface area contributed by atoms with Gasteiger partial charge in [-0.2, -0.15) is 5.26 Å². The molecular weight excluding hydrogens is 222 g/mol. The van der Waals surface area contributed by atoms with Gasteiger partial charge in [0, 0.05) is 19.1 Å². The maximum absolute atomic E-state index is 9.13. The Kier molecular flexibility index (Phi) is 4.60. The topological polar surface area (TPSA) is 39.1 Å². The van der Waals surface area contributed by atoms with Crippen LogP contribution in [0.3, 0.4) is 0 Å². The normalized spacial score (nSPS) is 16.6. The van der Waals surface area contributed by atoms with Crippen molar-refractivity contribution in [3.8, 4) is 6.07 Å². The van der Waals surface area contributed by atoms with Crippen molar-refractivity contribution in [3.05, 3.63) is 29.8 Å². The molecule has 1 heterocycles. The van der Waals surface area contributed by atoms with E-state index in [4.69, 9.17) is 5.26 Å². The SMILES string of the molecule is CCCNC1CCN(c2ccccc2C#N)CC1. The van der Waals surface area contributed by atoms with E-state index in [1.165, 1.54) is 19.3 Å². The molecule has 0 saturated carbocycles. The van der Waals surface area contributed by atoms with E-state index in [9.17, 15) is 0 Å². The van der Waals surface area contributed by atoms with Crippen molar-refractivity contribution in [2.75, 3.05) is 24.5 Å². The van der Waals surface area contributed by atoms with Gasteiger partial charge >= 0.3 is 0 Å². The number of anilines is 1. The Labute approximate surface area is 109 Å². The van der Waals surface area contributed by atoms with Gasteiger partial charge in [-0.3, -0.25) is 0 Å². The number of para-hydroxylation sites is 1. The zero-order valence-corrected chi connectivity index (χ0v) is 11.0. The molecule has 1 aliphatic heterocycles. The van der Waals surface area contributed by atoms with E-state index in [1.807, 2.05) is 18.2 Å². The molecule has 0 unspecified atom stereocenters. The number of hydrogen-bond donors (Lipinski definition) is 1. The summed E-state index contributed by atoms with van der Waals surface area (Å²) in [7, 11) is 0. The number of rotatable bonds is 4. The van der Waals surface area contributed by atoms with Crippen molar-refractivity contribution in [1.29, 1.82) is 5.26 Å². The monoisotopic (exact) mass is 243 g/mol. The Morgan fingerprint density at radius 2 is 2.06 bits per heavy atom. The zero-order valence-electron chi connectivity index (χ0n) is 11.0. The van der Waals surface area contributed by atoms with Crippen LogP contribution in [-0.4, -0.2) is 25.7 Å². The van der Waals surface area contributed by atoms with Gasteiger partial charge in [0.2, 0.25) is 0 Å². The highest BCUT2D eigenvalue weighted by atomic mass is 15.1. The van der Waals surface area contributed by atoms with E-state index < -0.39 is 0 Å². The number of hydrogen-bond acceptors (Lipinski definition) is 3. The number of benzene rings is 1. The summed E-state index contributed by atoms with van der Waals surface area (Å²) >= 11 is 0. The molecule has 96 valence electrons. The van der Waals surface area contributed by atoms with Crippen LogP contribution in [0.1, 0.15) is 31.7 Å². The fourth-order valence-electron chi connectivity index (χ4n) is 2.52. The Morgan fingerprint density at radius 3 is 2.72 bits per heavy atom. The van der Waals surface area contributed by atoms with Crippen LogP contribution in [0.15, 0.2) is 24.3 Å². The Morgan fingerprint density at radius 1 is 1.33 bits per heavy atom. The molecule has 18 heavy (non-hydrogen) atoms. The molecule has 0 aromatic heterocycles. The first-order valence-electron chi connectivity index (χ1n) is 6.82.